The van der Waals surface area contributed by atoms with E-state index in [1.54, 1.807) is 0 Å². The number of fused-ring (bicyclic) bond motifs is 3. The highest BCUT2D eigenvalue weighted by molar-refractivity contribution is 5.13. The lowest BCUT2D eigenvalue weighted by Crippen LogP contribution is -2.68. The molecule has 0 radical (unpaired) electrons. The number of hydrogen-bond donors (Lipinski definition) is 3. The van der Waals surface area contributed by atoms with Crippen LogP contribution < -0.4 is 0 Å². The fourth-order valence-electron chi connectivity index (χ4n) is 7.04. The molecule has 7 atom stereocenters. The molecule has 1 saturated heterocycles. The lowest BCUT2D eigenvalue weighted by Gasteiger charge is -2.66. The number of ether oxygens (including phenoxy) is 1. The summed E-state index contributed by atoms with van der Waals surface area (Å²) < 4.78 is 6.50. The van der Waals surface area contributed by atoms with Crippen LogP contribution in [0.2, 0.25) is 0 Å². The summed E-state index contributed by atoms with van der Waals surface area (Å²) in [7, 11) is 0. The third kappa shape index (κ3) is 2.56. The molecule has 1 aliphatic heterocycles. The highest BCUT2D eigenvalue weighted by atomic mass is 16.5. The molecular formula is C20H36O4. The van der Waals surface area contributed by atoms with Crippen LogP contribution in [0.3, 0.4) is 0 Å². The number of hydrogen-bond acceptors (Lipinski definition) is 4. The molecule has 1 heterocycles. The fraction of sp³-hybridized carbons (Fsp3) is 1.00. The second kappa shape index (κ2) is 5.67. The minimum atomic E-state index is -0.874. The highest BCUT2D eigenvalue weighted by Gasteiger charge is 2.64. The van der Waals surface area contributed by atoms with Crippen LogP contribution in [-0.2, 0) is 4.74 Å². The van der Waals surface area contributed by atoms with E-state index >= 15 is 0 Å². The molecule has 0 aromatic heterocycles. The summed E-state index contributed by atoms with van der Waals surface area (Å²) in [6, 6.07) is 0. The van der Waals surface area contributed by atoms with Crippen molar-refractivity contribution in [3.63, 3.8) is 0 Å². The van der Waals surface area contributed by atoms with E-state index in [4.69, 9.17) is 4.74 Å². The molecule has 7 unspecified atom stereocenters. The lowest BCUT2D eigenvalue weighted by molar-refractivity contribution is -0.304. The second-order valence-electron chi connectivity index (χ2n) is 10.1. The van der Waals surface area contributed by atoms with Gasteiger partial charge in [-0.05, 0) is 62.2 Å². The van der Waals surface area contributed by atoms with Gasteiger partial charge in [0.1, 0.15) is 6.10 Å². The van der Waals surface area contributed by atoms with Gasteiger partial charge in [-0.25, -0.2) is 0 Å². The summed E-state index contributed by atoms with van der Waals surface area (Å²) in [5, 5.41) is 30.7. The molecular weight excluding hydrogens is 304 g/mol. The first-order valence-corrected chi connectivity index (χ1v) is 9.66. The van der Waals surface area contributed by atoms with Crippen molar-refractivity contribution in [2.75, 3.05) is 6.61 Å². The molecule has 3 N–H and O–H groups in total. The Balaban J connectivity index is 1.96. The van der Waals surface area contributed by atoms with E-state index in [-0.39, 0.29) is 23.5 Å². The summed E-state index contributed by atoms with van der Waals surface area (Å²) in [4.78, 5) is 0. The minimum absolute atomic E-state index is 0.0691. The molecule has 0 aromatic carbocycles. The quantitative estimate of drug-likeness (QED) is 0.723. The Morgan fingerprint density at radius 1 is 1.08 bits per heavy atom. The van der Waals surface area contributed by atoms with Crippen LogP contribution in [0.25, 0.3) is 0 Å². The third-order valence-electron chi connectivity index (χ3n) is 7.89. The van der Waals surface area contributed by atoms with Crippen molar-refractivity contribution in [2.45, 2.75) is 96.6 Å². The van der Waals surface area contributed by atoms with Gasteiger partial charge in [0.05, 0.1) is 23.9 Å². The Hall–Kier alpha value is -0.160. The summed E-state index contributed by atoms with van der Waals surface area (Å²) >= 11 is 0. The predicted octanol–water partition coefficient (Wildman–Crippen LogP) is 2.88. The number of rotatable bonds is 2. The van der Waals surface area contributed by atoms with E-state index in [0.717, 1.165) is 19.3 Å². The minimum Gasteiger partial charge on any atom is -0.394 e. The Labute approximate surface area is 146 Å². The van der Waals surface area contributed by atoms with E-state index < -0.39 is 17.3 Å². The zero-order valence-electron chi connectivity index (χ0n) is 16.0. The van der Waals surface area contributed by atoms with Crippen molar-refractivity contribution >= 4 is 0 Å². The van der Waals surface area contributed by atoms with Gasteiger partial charge in [0.2, 0.25) is 0 Å². The van der Waals surface area contributed by atoms with Gasteiger partial charge >= 0.3 is 0 Å². The molecule has 2 aliphatic carbocycles. The Morgan fingerprint density at radius 2 is 1.75 bits per heavy atom. The Kier molecular flexibility index (Phi) is 4.40. The van der Waals surface area contributed by atoms with Crippen molar-refractivity contribution in [1.29, 1.82) is 0 Å². The molecule has 3 aliphatic rings. The molecule has 3 rings (SSSR count). The summed E-state index contributed by atoms with van der Waals surface area (Å²) in [5.74, 6) is 0.685. The van der Waals surface area contributed by atoms with Crippen LogP contribution >= 0.6 is 0 Å². The van der Waals surface area contributed by atoms with Crippen LogP contribution in [0.1, 0.15) is 73.1 Å². The normalized spacial score (nSPS) is 52.2. The van der Waals surface area contributed by atoms with Crippen LogP contribution in [0.15, 0.2) is 0 Å². The topological polar surface area (TPSA) is 69.9 Å². The third-order valence-corrected chi connectivity index (χ3v) is 7.89. The maximum atomic E-state index is 11.1. The van der Waals surface area contributed by atoms with Crippen molar-refractivity contribution in [1.82, 2.24) is 0 Å². The SMILES string of the molecule is CC1(C)CCCC2(C)C1C(O)CC1(C)OC(C)(C(O)CO)CCC12. The van der Waals surface area contributed by atoms with Crippen LogP contribution in [0, 0.1) is 22.7 Å². The van der Waals surface area contributed by atoms with Crippen molar-refractivity contribution in [3.8, 4) is 0 Å². The van der Waals surface area contributed by atoms with Crippen LogP contribution in [0.4, 0.5) is 0 Å². The summed E-state index contributed by atoms with van der Waals surface area (Å²) in [6.45, 7) is 10.7. The largest absolute Gasteiger partial charge is 0.394 e. The van der Waals surface area contributed by atoms with Crippen molar-refractivity contribution < 1.29 is 20.1 Å². The molecule has 4 nitrogen and oxygen atoms in total. The molecule has 0 spiro atoms. The number of aliphatic hydroxyl groups is 3. The van der Waals surface area contributed by atoms with Gasteiger partial charge in [0.15, 0.2) is 0 Å². The van der Waals surface area contributed by atoms with Gasteiger partial charge in [-0.3, -0.25) is 0 Å². The molecule has 140 valence electrons. The smallest absolute Gasteiger partial charge is 0.106 e. The predicted molar refractivity (Wildman–Crippen MR) is 93.6 cm³/mol. The van der Waals surface area contributed by atoms with E-state index in [1.807, 2.05) is 6.92 Å². The molecule has 2 saturated carbocycles. The standard InChI is InChI=1S/C20H36O4/c1-17(2)8-6-9-18(3)14-7-10-19(4,15(23)12-21)24-20(14,5)11-13(22)16(17)18/h13-16,21-23H,6-12H2,1-5H3. The molecule has 3 fully saturated rings. The maximum Gasteiger partial charge on any atom is 0.106 e. The molecule has 0 bridgehead atoms. The van der Waals surface area contributed by atoms with Crippen molar-refractivity contribution in [2.24, 2.45) is 22.7 Å². The first-order valence-electron chi connectivity index (χ1n) is 9.66. The van der Waals surface area contributed by atoms with Gasteiger partial charge in [0, 0.05) is 6.42 Å². The first kappa shape index (κ1) is 18.6. The summed E-state index contributed by atoms with van der Waals surface area (Å²) in [6.07, 6.45) is 4.63. The molecule has 4 heteroatoms. The fourth-order valence-corrected chi connectivity index (χ4v) is 7.04. The zero-order valence-corrected chi connectivity index (χ0v) is 16.0. The average Bonchev–Trinajstić information content (AvgIpc) is 2.43. The Bertz CT molecular complexity index is 492. The average molecular weight is 341 g/mol. The lowest BCUT2D eigenvalue weighted by atomic mass is 9.43. The second-order valence-corrected chi connectivity index (χ2v) is 10.1. The monoisotopic (exact) mass is 340 g/mol. The van der Waals surface area contributed by atoms with E-state index in [1.165, 1.54) is 12.8 Å². The Morgan fingerprint density at radius 3 is 2.38 bits per heavy atom. The molecule has 0 aromatic rings. The number of aliphatic hydroxyl groups excluding tert-OH is 3. The maximum absolute atomic E-state index is 11.1. The summed E-state index contributed by atoms with van der Waals surface area (Å²) in [5.41, 5.74) is -0.951. The van der Waals surface area contributed by atoms with E-state index in [9.17, 15) is 15.3 Å². The zero-order chi connectivity index (χ0) is 18.0. The van der Waals surface area contributed by atoms with Gasteiger partial charge in [-0.1, -0.05) is 27.2 Å². The van der Waals surface area contributed by atoms with E-state index in [2.05, 4.69) is 27.7 Å². The van der Waals surface area contributed by atoms with E-state index in [0.29, 0.717) is 18.3 Å². The molecule has 24 heavy (non-hydrogen) atoms. The van der Waals surface area contributed by atoms with Crippen LogP contribution in [-0.4, -0.2) is 45.3 Å². The van der Waals surface area contributed by atoms with Gasteiger partial charge in [-0.2, -0.15) is 0 Å². The molecule has 0 amide bonds. The van der Waals surface area contributed by atoms with Gasteiger partial charge < -0.3 is 20.1 Å². The van der Waals surface area contributed by atoms with Crippen LogP contribution in [0.5, 0.6) is 0 Å². The van der Waals surface area contributed by atoms with Gasteiger partial charge in [0.25, 0.3) is 0 Å². The first-order chi connectivity index (χ1) is 11.0. The van der Waals surface area contributed by atoms with Crippen molar-refractivity contribution in [3.05, 3.63) is 0 Å². The highest BCUT2D eigenvalue weighted by Crippen LogP contribution is 2.65. The van der Waals surface area contributed by atoms with Gasteiger partial charge in [-0.15, -0.1) is 0 Å².